The summed E-state index contributed by atoms with van der Waals surface area (Å²) in [5, 5.41) is 3.44. The molecule has 2 rings (SSSR count). The molecule has 2 amide bonds. The normalized spacial score (nSPS) is 18.4. The summed E-state index contributed by atoms with van der Waals surface area (Å²) in [7, 11) is 1.77. The van der Waals surface area contributed by atoms with E-state index in [9.17, 15) is 9.59 Å². The maximum absolute atomic E-state index is 12.2. The molecule has 0 unspecified atom stereocenters. The number of hydrogen-bond acceptors (Lipinski definition) is 3. The number of nitrogens with zero attached hydrogens (tertiary/aromatic N) is 2. The van der Waals surface area contributed by atoms with Crippen molar-refractivity contribution in [2.24, 2.45) is 0 Å². The molecule has 1 saturated heterocycles. The second-order valence-electron chi connectivity index (χ2n) is 5.86. The fourth-order valence-corrected chi connectivity index (χ4v) is 2.84. The van der Waals surface area contributed by atoms with Crippen LogP contribution < -0.4 is 5.32 Å². The van der Waals surface area contributed by atoms with E-state index in [-0.39, 0.29) is 18.4 Å². The van der Waals surface area contributed by atoms with Crippen molar-refractivity contribution in [2.75, 3.05) is 32.0 Å². The maximum atomic E-state index is 12.2. The zero-order valence-corrected chi connectivity index (χ0v) is 14.3. The van der Waals surface area contributed by atoms with Crippen LogP contribution in [0.2, 0.25) is 10.0 Å². The van der Waals surface area contributed by atoms with Crippen molar-refractivity contribution in [1.82, 2.24) is 9.80 Å². The van der Waals surface area contributed by atoms with Gasteiger partial charge in [0.25, 0.3) is 0 Å². The number of anilines is 1. The van der Waals surface area contributed by atoms with Gasteiger partial charge in [0.05, 0.1) is 27.8 Å². The third-order valence-electron chi connectivity index (χ3n) is 3.93. The molecule has 1 aromatic carbocycles. The highest BCUT2D eigenvalue weighted by atomic mass is 35.5. The lowest BCUT2D eigenvalue weighted by Crippen LogP contribution is -2.63. The molecule has 0 spiro atoms. The molecule has 120 valence electrons. The van der Waals surface area contributed by atoms with Gasteiger partial charge in [-0.1, -0.05) is 29.3 Å². The first-order chi connectivity index (χ1) is 10.2. The van der Waals surface area contributed by atoms with Crippen molar-refractivity contribution < 1.29 is 9.59 Å². The van der Waals surface area contributed by atoms with E-state index in [1.165, 1.54) is 0 Å². The van der Waals surface area contributed by atoms with E-state index in [1.54, 1.807) is 30.1 Å². The largest absolute Gasteiger partial charge is 0.343 e. The lowest BCUT2D eigenvalue weighted by Gasteiger charge is -2.44. The van der Waals surface area contributed by atoms with Crippen LogP contribution in [-0.2, 0) is 9.59 Å². The molecule has 5 nitrogen and oxygen atoms in total. The molecule has 22 heavy (non-hydrogen) atoms. The third-order valence-corrected chi connectivity index (χ3v) is 4.75. The van der Waals surface area contributed by atoms with Crippen LogP contribution >= 0.6 is 23.2 Å². The molecule has 1 heterocycles. The molecule has 0 aliphatic carbocycles. The molecule has 1 fully saturated rings. The van der Waals surface area contributed by atoms with Crippen molar-refractivity contribution in [3.05, 3.63) is 28.2 Å². The standard InChI is InChI=1S/C15H19Cl2N3O2/c1-15(2)14(22)19(3)7-8-20(15)9-12(21)18-11-6-4-5-10(16)13(11)17/h4-6H,7-9H2,1-3H3,(H,18,21). The quantitative estimate of drug-likeness (QED) is 0.917. The molecule has 1 N–H and O–H groups in total. The molecule has 0 saturated carbocycles. The predicted molar refractivity (Wildman–Crippen MR) is 88.4 cm³/mol. The highest BCUT2D eigenvalue weighted by molar-refractivity contribution is 6.44. The van der Waals surface area contributed by atoms with Crippen LogP contribution in [0.5, 0.6) is 0 Å². The number of nitrogens with one attached hydrogen (secondary N) is 1. The van der Waals surface area contributed by atoms with E-state index in [2.05, 4.69) is 5.32 Å². The summed E-state index contributed by atoms with van der Waals surface area (Å²) in [5.41, 5.74) is -0.236. The van der Waals surface area contributed by atoms with Crippen molar-refractivity contribution in [3.8, 4) is 0 Å². The Bertz CT molecular complexity index is 604. The summed E-state index contributed by atoms with van der Waals surface area (Å²) in [6, 6.07) is 5.06. The predicted octanol–water partition coefficient (Wildman–Crippen LogP) is 2.48. The Morgan fingerprint density at radius 2 is 2.00 bits per heavy atom. The minimum absolute atomic E-state index is 0.00679. The van der Waals surface area contributed by atoms with Crippen LogP contribution in [0.25, 0.3) is 0 Å². The molecule has 0 aromatic heterocycles. The Balaban J connectivity index is 2.06. The lowest BCUT2D eigenvalue weighted by molar-refractivity contribution is -0.147. The number of carbonyl (C=O) groups is 2. The second-order valence-corrected chi connectivity index (χ2v) is 6.64. The molecular weight excluding hydrogens is 325 g/mol. The highest BCUT2D eigenvalue weighted by Crippen LogP contribution is 2.29. The zero-order valence-electron chi connectivity index (χ0n) is 12.8. The van der Waals surface area contributed by atoms with Crippen LogP contribution in [-0.4, -0.2) is 53.8 Å². The van der Waals surface area contributed by atoms with Gasteiger partial charge in [-0.2, -0.15) is 0 Å². The van der Waals surface area contributed by atoms with Gasteiger partial charge >= 0.3 is 0 Å². The average molecular weight is 344 g/mol. The second kappa shape index (κ2) is 6.44. The molecule has 1 aliphatic heterocycles. The van der Waals surface area contributed by atoms with E-state index in [0.29, 0.717) is 28.8 Å². The summed E-state index contributed by atoms with van der Waals surface area (Å²) >= 11 is 12.0. The lowest BCUT2D eigenvalue weighted by atomic mass is 9.98. The molecule has 1 aromatic rings. The Labute approximate surface area is 140 Å². The van der Waals surface area contributed by atoms with Gasteiger partial charge in [-0.3, -0.25) is 14.5 Å². The number of benzene rings is 1. The van der Waals surface area contributed by atoms with Crippen molar-refractivity contribution in [1.29, 1.82) is 0 Å². The van der Waals surface area contributed by atoms with Gasteiger partial charge in [-0.15, -0.1) is 0 Å². The number of carbonyl (C=O) groups excluding carboxylic acids is 2. The molecular formula is C15H19Cl2N3O2. The summed E-state index contributed by atoms with van der Waals surface area (Å²) < 4.78 is 0. The number of piperazine rings is 1. The molecule has 7 heteroatoms. The number of halogens is 2. The van der Waals surface area contributed by atoms with Gasteiger partial charge in [0.15, 0.2) is 0 Å². The van der Waals surface area contributed by atoms with Crippen LogP contribution in [0.3, 0.4) is 0 Å². The third kappa shape index (κ3) is 3.37. The van der Waals surface area contributed by atoms with E-state index in [1.807, 2.05) is 18.7 Å². The number of rotatable bonds is 3. The summed E-state index contributed by atoms with van der Waals surface area (Å²) in [6.45, 7) is 5.02. The molecule has 0 bridgehead atoms. The first-order valence-electron chi connectivity index (χ1n) is 6.98. The van der Waals surface area contributed by atoms with E-state index < -0.39 is 5.54 Å². The molecule has 0 radical (unpaired) electrons. The Hall–Kier alpha value is -1.30. The van der Waals surface area contributed by atoms with Gasteiger partial charge in [-0.05, 0) is 26.0 Å². The zero-order chi connectivity index (χ0) is 16.5. The topological polar surface area (TPSA) is 52.6 Å². The average Bonchev–Trinajstić information content (AvgIpc) is 2.45. The Kier molecular flexibility index (Phi) is 5.00. The van der Waals surface area contributed by atoms with Gasteiger partial charge in [0, 0.05) is 20.1 Å². The number of amides is 2. The first-order valence-corrected chi connectivity index (χ1v) is 7.73. The number of likely N-dealkylation sites (N-methyl/N-ethyl adjacent to an activating group) is 1. The van der Waals surface area contributed by atoms with E-state index in [4.69, 9.17) is 23.2 Å². The fraction of sp³-hybridized carbons (Fsp3) is 0.467. The van der Waals surface area contributed by atoms with Crippen LogP contribution in [0.15, 0.2) is 18.2 Å². The van der Waals surface area contributed by atoms with Crippen LogP contribution in [0.4, 0.5) is 5.69 Å². The van der Waals surface area contributed by atoms with Crippen molar-refractivity contribution >= 4 is 40.7 Å². The smallest absolute Gasteiger partial charge is 0.242 e. The van der Waals surface area contributed by atoms with Crippen LogP contribution in [0.1, 0.15) is 13.8 Å². The SMILES string of the molecule is CN1CCN(CC(=O)Nc2cccc(Cl)c2Cl)C(C)(C)C1=O. The summed E-state index contributed by atoms with van der Waals surface area (Å²) in [6.07, 6.45) is 0. The monoisotopic (exact) mass is 343 g/mol. The van der Waals surface area contributed by atoms with Crippen molar-refractivity contribution in [2.45, 2.75) is 19.4 Å². The minimum atomic E-state index is -0.706. The first kappa shape index (κ1) is 17.1. The number of hydrogen-bond donors (Lipinski definition) is 1. The Morgan fingerprint density at radius 3 is 2.68 bits per heavy atom. The minimum Gasteiger partial charge on any atom is -0.343 e. The van der Waals surface area contributed by atoms with Gasteiger partial charge < -0.3 is 10.2 Å². The van der Waals surface area contributed by atoms with E-state index in [0.717, 1.165) is 0 Å². The van der Waals surface area contributed by atoms with Gasteiger partial charge in [0.2, 0.25) is 11.8 Å². The van der Waals surface area contributed by atoms with Gasteiger partial charge in [0.1, 0.15) is 0 Å². The van der Waals surface area contributed by atoms with E-state index >= 15 is 0 Å². The summed E-state index contributed by atoms with van der Waals surface area (Å²) in [4.78, 5) is 28.0. The highest BCUT2D eigenvalue weighted by Gasteiger charge is 2.41. The maximum Gasteiger partial charge on any atom is 0.242 e. The van der Waals surface area contributed by atoms with Gasteiger partial charge in [-0.25, -0.2) is 0 Å². The fourth-order valence-electron chi connectivity index (χ4n) is 2.49. The Morgan fingerprint density at radius 1 is 1.32 bits per heavy atom. The van der Waals surface area contributed by atoms with Crippen LogP contribution in [0, 0.1) is 0 Å². The molecule has 1 aliphatic rings. The summed E-state index contributed by atoms with van der Waals surface area (Å²) in [5.74, 6) is -0.220. The van der Waals surface area contributed by atoms with Crippen molar-refractivity contribution in [3.63, 3.8) is 0 Å². The molecule has 0 atom stereocenters.